The SMILES string of the molecule is Cl.N[C@@H](c1cccc(Cl)c1Cl)C1CCNCC1. The second kappa shape index (κ2) is 6.81. The first-order valence-electron chi connectivity index (χ1n) is 5.60. The Morgan fingerprint density at radius 1 is 1.24 bits per heavy atom. The third kappa shape index (κ3) is 3.49. The molecule has 17 heavy (non-hydrogen) atoms. The second-order valence-electron chi connectivity index (χ2n) is 4.26. The van der Waals surface area contributed by atoms with Crippen molar-refractivity contribution in [1.29, 1.82) is 0 Å². The quantitative estimate of drug-likeness (QED) is 0.877. The molecule has 0 amide bonds. The highest BCUT2D eigenvalue weighted by molar-refractivity contribution is 6.42. The minimum atomic E-state index is -0.00620. The molecule has 1 aromatic carbocycles. The van der Waals surface area contributed by atoms with Crippen molar-refractivity contribution in [3.63, 3.8) is 0 Å². The van der Waals surface area contributed by atoms with Gasteiger partial charge in [-0.05, 0) is 43.5 Å². The van der Waals surface area contributed by atoms with Gasteiger partial charge in [-0.3, -0.25) is 0 Å². The van der Waals surface area contributed by atoms with Gasteiger partial charge in [-0.15, -0.1) is 12.4 Å². The molecular formula is C12H17Cl3N2. The predicted octanol–water partition coefficient (Wildman–Crippen LogP) is 3.41. The van der Waals surface area contributed by atoms with Crippen LogP contribution >= 0.6 is 35.6 Å². The van der Waals surface area contributed by atoms with Crippen molar-refractivity contribution < 1.29 is 0 Å². The molecule has 1 aliphatic heterocycles. The molecule has 0 radical (unpaired) electrons. The highest BCUT2D eigenvalue weighted by Gasteiger charge is 2.23. The lowest BCUT2D eigenvalue weighted by Gasteiger charge is -2.29. The number of halogens is 3. The Morgan fingerprint density at radius 3 is 2.53 bits per heavy atom. The van der Waals surface area contributed by atoms with E-state index < -0.39 is 0 Å². The number of nitrogens with one attached hydrogen (secondary N) is 1. The van der Waals surface area contributed by atoms with Gasteiger partial charge < -0.3 is 11.1 Å². The Morgan fingerprint density at radius 2 is 1.88 bits per heavy atom. The number of benzene rings is 1. The first-order valence-corrected chi connectivity index (χ1v) is 6.36. The summed E-state index contributed by atoms with van der Waals surface area (Å²) in [5.41, 5.74) is 7.24. The molecule has 1 aromatic rings. The molecule has 1 atom stereocenters. The average Bonchev–Trinajstić information content (AvgIpc) is 2.33. The minimum Gasteiger partial charge on any atom is -0.324 e. The molecule has 2 rings (SSSR count). The summed E-state index contributed by atoms with van der Waals surface area (Å²) in [5, 5.41) is 4.53. The minimum absolute atomic E-state index is 0. The Labute approximate surface area is 118 Å². The Kier molecular flexibility index (Phi) is 6.04. The summed E-state index contributed by atoms with van der Waals surface area (Å²) in [5.74, 6) is 0.497. The van der Waals surface area contributed by atoms with Gasteiger partial charge in [-0.2, -0.15) is 0 Å². The summed E-state index contributed by atoms with van der Waals surface area (Å²) >= 11 is 12.2. The molecule has 1 heterocycles. The molecule has 1 saturated heterocycles. The largest absolute Gasteiger partial charge is 0.324 e. The maximum Gasteiger partial charge on any atom is 0.0640 e. The predicted molar refractivity (Wildman–Crippen MR) is 76.2 cm³/mol. The van der Waals surface area contributed by atoms with Crippen LogP contribution < -0.4 is 11.1 Å². The van der Waals surface area contributed by atoms with Crippen molar-refractivity contribution in [1.82, 2.24) is 5.32 Å². The zero-order valence-corrected chi connectivity index (χ0v) is 11.8. The topological polar surface area (TPSA) is 38.0 Å². The molecule has 96 valence electrons. The Hall–Kier alpha value is 0.01000. The van der Waals surface area contributed by atoms with E-state index in [9.17, 15) is 0 Å². The Bertz CT molecular complexity index is 365. The monoisotopic (exact) mass is 294 g/mol. The molecule has 0 bridgehead atoms. The molecule has 0 aromatic heterocycles. The van der Waals surface area contributed by atoms with Crippen LogP contribution in [0.15, 0.2) is 18.2 Å². The van der Waals surface area contributed by atoms with E-state index in [1.165, 1.54) is 0 Å². The van der Waals surface area contributed by atoms with Crippen molar-refractivity contribution in [2.75, 3.05) is 13.1 Å². The summed E-state index contributed by atoms with van der Waals surface area (Å²) in [7, 11) is 0. The molecule has 5 heteroatoms. The fourth-order valence-electron chi connectivity index (χ4n) is 2.24. The van der Waals surface area contributed by atoms with Crippen LogP contribution in [-0.2, 0) is 0 Å². The Balaban J connectivity index is 0.00000144. The molecule has 3 N–H and O–H groups in total. The van der Waals surface area contributed by atoms with Crippen LogP contribution in [0.4, 0.5) is 0 Å². The molecule has 1 aliphatic rings. The maximum absolute atomic E-state index is 6.27. The van der Waals surface area contributed by atoms with Crippen molar-refractivity contribution in [2.45, 2.75) is 18.9 Å². The average molecular weight is 296 g/mol. The maximum atomic E-state index is 6.27. The van der Waals surface area contributed by atoms with Gasteiger partial charge in [0.15, 0.2) is 0 Å². The van der Waals surface area contributed by atoms with Crippen LogP contribution in [0, 0.1) is 5.92 Å². The van der Waals surface area contributed by atoms with E-state index in [1.807, 2.05) is 12.1 Å². The van der Waals surface area contributed by atoms with Gasteiger partial charge in [0.1, 0.15) is 0 Å². The third-order valence-corrected chi connectivity index (χ3v) is 4.07. The third-order valence-electron chi connectivity index (χ3n) is 3.23. The highest BCUT2D eigenvalue weighted by Crippen LogP contribution is 2.34. The van der Waals surface area contributed by atoms with E-state index in [2.05, 4.69) is 5.32 Å². The van der Waals surface area contributed by atoms with E-state index in [0.29, 0.717) is 16.0 Å². The number of piperidine rings is 1. The van der Waals surface area contributed by atoms with E-state index in [-0.39, 0.29) is 18.4 Å². The van der Waals surface area contributed by atoms with Crippen LogP contribution in [0.3, 0.4) is 0 Å². The highest BCUT2D eigenvalue weighted by atomic mass is 35.5. The number of hydrogen-bond acceptors (Lipinski definition) is 2. The lowest BCUT2D eigenvalue weighted by Crippen LogP contribution is -2.33. The summed E-state index contributed by atoms with van der Waals surface area (Å²) in [6.45, 7) is 2.08. The zero-order valence-electron chi connectivity index (χ0n) is 9.46. The summed E-state index contributed by atoms with van der Waals surface area (Å²) in [6, 6.07) is 5.67. The van der Waals surface area contributed by atoms with Gasteiger partial charge >= 0.3 is 0 Å². The second-order valence-corrected chi connectivity index (χ2v) is 5.04. The van der Waals surface area contributed by atoms with Crippen molar-refractivity contribution in [2.24, 2.45) is 11.7 Å². The molecule has 0 spiro atoms. The van der Waals surface area contributed by atoms with Gasteiger partial charge in [0.25, 0.3) is 0 Å². The van der Waals surface area contributed by atoms with Crippen LogP contribution in [-0.4, -0.2) is 13.1 Å². The molecule has 0 aliphatic carbocycles. The van der Waals surface area contributed by atoms with Gasteiger partial charge in [0, 0.05) is 6.04 Å². The summed E-state index contributed by atoms with van der Waals surface area (Å²) in [6.07, 6.45) is 2.20. The first kappa shape index (κ1) is 15.1. The van der Waals surface area contributed by atoms with Gasteiger partial charge in [0.2, 0.25) is 0 Å². The first-order chi connectivity index (χ1) is 7.70. The van der Waals surface area contributed by atoms with E-state index in [1.54, 1.807) is 6.07 Å². The molecular weight excluding hydrogens is 279 g/mol. The van der Waals surface area contributed by atoms with Gasteiger partial charge in [-0.1, -0.05) is 35.3 Å². The standard InChI is InChI=1S/C12H16Cl2N2.ClH/c13-10-3-1-2-9(11(10)14)12(15)8-4-6-16-7-5-8;/h1-3,8,12,16H,4-7,15H2;1H/t12-;/m1./s1. The number of rotatable bonds is 2. The van der Waals surface area contributed by atoms with Crippen molar-refractivity contribution in [3.8, 4) is 0 Å². The van der Waals surface area contributed by atoms with Crippen molar-refractivity contribution in [3.05, 3.63) is 33.8 Å². The normalized spacial score (nSPS) is 18.5. The zero-order chi connectivity index (χ0) is 11.5. The molecule has 0 unspecified atom stereocenters. The molecule has 2 nitrogen and oxygen atoms in total. The number of nitrogens with two attached hydrogens (primary N) is 1. The van der Waals surface area contributed by atoms with Crippen LogP contribution in [0.2, 0.25) is 10.0 Å². The number of hydrogen-bond donors (Lipinski definition) is 2. The van der Waals surface area contributed by atoms with E-state index in [4.69, 9.17) is 28.9 Å². The summed E-state index contributed by atoms with van der Waals surface area (Å²) in [4.78, 5) is 0. The van der Waals surface area contributed by atoms with Gasteiger partial charge in [0.05, 0.1) is 10.0 Å². The van der Waals surface area contributed by atoms with Crippen LogP contribution in [0.25, 0.3) is 0 Å². The lowest BCUT2D eigenvalue weighted by atomic mass is 9.86. The van der Waals surface area contributed by atoms with Crippen LogP contribution in [0.5, 0.6) is 0 Å². The van der Waals surface area contributed by atoms with E-state index >= 15 is 0 Å². The van der Waals surface area contributed by atoms with Crippen molar-refractivity contribution >= 4 is 35.6 Å². The van der Waals surface area contributed by atoms with Gasteiger partial charge in [-0.25, -0.2) is 0 Å². The fraction of sp³-hybridized carbons (Fsp3) is 0.500. The molecule has 1 fully saturated rings. The van der Waals surface area contributed by atoms with Crippen LogP contribution in [0.1, 0.15) is 24.4 Å². The lowest BCUT2D eigenvalue weighted by molar-refractivity contribution is 0.322. The fourth-order valence-corrected chi connectivity index (χ4v) is 2.67. The smallest absolute Gasteiger partial charge is 0.0640 e. The van der Waals surface area contributed by atoms with E-state index in [0.717, 1.165) is 31.5 Å². The molecule has 0 saturated carbocycles. The summed E-state index contributed by atoms with van der Waals surface area (Å²) < 4.78 is 0.